The first-order valence-corrected chi connectivity index (χ1v) is 8.52. The molecule has 2 aromatic rings. The summed E-state index contributed by atoms with van der Waals surface area (Å²) in [6, 6.07) is 13.0. The van der Waals surface area contributed by atoms with Gasteiger partial charge in [-0.1, -0.05) is 30.3 Å². The summed E-state index contributed by atoms with van der Waals surface area (Å²) in [5.74, 6) is 0.451. The predicted molar refractivity (Wildman–Crippen MR) is 98.5 cm³/mol. The molecule has 0 unspecified atom stereocenters. The van der Waals surface area contributed by atoms with Gasteiger partial charge in [-0.25, -0.2) is 0 Å². The minimum atomic E-state index is -0.808. The van der Waals surface area contributed by atoms with E-state index in [1.165, 1.54) is 0 Å². The lowest BCUT2D eigenvalue weighted by Gasteiger charge is -2.30. The molecule has 2 N–H and O–H groups in total. The number of ether oxygens (including phenoxy) is 2. The van der Waals surface area contributed by atoms with Crippen LogP contribution in [0, 0.1) is 13.8 Å². The molecular formula is C20H22N2O4. The van der Waals surface area contributed by atoms with Crippen molar-refractivity contribution < 1.29 is 19.1 Å². The van der Waals surface area contributed by atoms with Crippen molar-refractivity contribution in [3.05, 3.63) is 53.6 Å². The second-order valence-electron chi connectivity index (χ2n) is 6.34. The molecule has 0 saturated heterocycles. The molecule has 0 aliphatic carbocycles. The van der Waals surface area contributed by atoms with Gasteiger partial charge in [0, 0.05) is 5.69 Å². The molecule has 2 amide bonds. The molecule has 1 aliphatic heterocycles. The average Bonchev–Trinajstić information content (AvgIpc) is 2.62. The summed E-state index contributed by atoms with van der Waals surface area (Å²) in [5.41, 5.74) is 2.71. The Labute approximate surface area is 152 Å². The summed E-state index contributed by atoms with van der Waals surface area (Å²) >= 11 is 0. The number of benzene rings is 2. The number of hydrogen-bond acceptors (Lipinski definition) is 4. The fourth-order valence-electron chi connectivity index (χ4n) is 2.87. The van der Waals surface area contributed by atoms with Gasteiger partial charge < -0.3 is 20.1 Å². The molecule has 26 heavy (non-hydrogen) atoms. The average molecular weight is 354 g/mol. The molecule has 0 fully saturated rings. The van der Waals surface area contributed by atoms with Crippen LogP contribution in [0.3, 0.4) is 0 Å². The Bertz CT molecular complexity index is 814. The number of rotatable bonds is 4. The molecule has 6 nitrogen and oxygen atoms in total. The Kier molecular flexibility index (Phi) is 5.11. The Morgan fingerprint density at radius 2 is 1.58 bits per heavy atom. The van der Waals surface area contributed by atoms with Crippen LogP contribution in [-0.2, 0) is 9.59 Å². The first-order valence-electron chi connectivity index (χ1n) is 8.52. The van der Waals surface area contributed by atoms with Crippen molar-refractivity contribution in [2.24, 2.45) is 0 Å². The van der Waals surface area contributed by atoms with Gasteiger partial charge >= 0.3 is 0 Å². The van der Waals surface area contributed by atoms with Gasteiger partial charge in [0.25, 0.3) is 5.91 Å². The highest BCUT2D eigenvalue weighted by atomic mass is 16.6. The van der Waals surface area contributed by atoms with Crippen LogP contribution in [0.5, 0.6) is 11.5 Å². The van der Waals surface area contributed by atoms with E-state index in [0.717, 1.165) is 16.8 Å². The Morgan fingerprint density at radius 3 is 2.23 bits per heavy atom. The van der Waals surface area contributed by atoms with Crippen molar-refractivity contribution in [3.8, 4) is 11.5 Å². The lowest BCUT2D eigenvalue weighted by Crippen LogP contribution is -2.50. The second kappa shape index (κ2) is 7.47. The molecule has 0 radical (unpaired) electrons. The molecule has 6 heteroatoms. The van der Waals surface area contributed by atoms with Gasteiger partial charge in [-0.2, -0.15) is 0 Å². The van der Waals surface area contributed by atoms with Gasteiger partial charge in [0.1, 0.15) is 6.10 Å². The number of aryl methyl sites for hydroxylation is 2. The summed E-state index contributed by atoms with van der Waals surface area (Å²) in [6.45, 7) is 5.47. The van der Waals surface area contributed by atoms with Crippen molar-refractivity contribution >= 4 is 17.5 Å². The first-order chi connectivity index (χ1) is 12.5. The number of hydrogen-bond donors (Lipinski definition) is 2. The van der Waals surface area contributed by atoms with Gasteiger partial charge in [0.05, 0.1) is 6.54 Å². The zero-order valence-corrected chi connectivity index (χ0v) is 15.0. The Morgan fingerprint density at radius 1 is 0.962 bits per heavy atom. The van der Waals surface area contributed by atoms with Crippen LogP contribution in [-0.4, -0.2) is 30.6 Å². The second-order valence-corrected chi connectivity index (χ2v) is 6.34. The standard InChI is InChI=1S/C20H22N2O4/c1-12-7-6-8-13(2)18(12)22-17(23)11-21-20(24)19-14(3)25-15-9-4-5-10-16(15)26-19/h4-10,14,19H,11H2,1-3H3,(H,21,24)(H,22,23)/t14-,19-/m1/s1. The number of carbonyl (C=O) groups excluding carboxylic acids is 2. The van der Waals surface area contributed by atoms with Crippen LogP contribution in [0.4, 0.5) is 5.69 Å². The Hall–Kier alpha value is -3.02. The molecule has 3 rings (SSSR count). The van der Waals surface area contributed by atoms with Crippen LogP contribution < -0.4 is 20.1 Å². The first kappa shape index (κ1) is 17.8. The topological polar surface area (TPSA) is 76.7 Å². The molecule has 2 atom stereocenters. The monoisotopic (exact) mass is 354 g/mol. The zero-order chi connectivity index (χ0) is 18.7. The minimum absolute atomic E-state index is 0.138. The minimum Gasteiger partial charge on any atom is -0.482 e. The van der Waals surface area contributed by atoms with Crippen LogP contribution in [0.2, 0.25) is 0 Å². The highest BCUT2D eigenvalue weighted by molar-refractivity contribution is 5.96. The van der Waals surface area contributed by atoms with E-state index in [-0.39, 0.29) is 18.4 Å². The van der Waals surface area contributed by atoms with Crippen molar-refractivity contribution in [2.75, 3.05) is 11.9 Å². The maximum atomic E-state index is 12.4. The molecule has 0 bridgehead atoms. The van der Waals surface area contributed by atoms with Crippen LogP contribution >= 0.6 is 0 Å². The predicted octanol–water partition coefficient (Wildman–Crippen LogP) is 2.59. The summed E-state index contributed by atoms with van der Waals surface area (Å²) < 4.78 is 11.4. The van der Waals surface area contributed by atoms with Crippen molar-refractivity contribution in [3.63, 3.8) is 0 Å². The maximum absolute atomic E-state index is 12.4. The lowest BCUT2D eigenvalue weighted by molar-refractivity contribution is -0.134. The van der Waals surface area contributed by atoms with E-state index in [1.807, 2.05) is 44.2 Å². The third kappa shape index (κ3) is 3.79. The van der Waals surface area contributed by atoms with E-state index in [0.29, 0.717) is 11.5 Å². The third-order valence-corrected chi connectivity index (χ3v) is 4.27. The number of nitrogens with one attached hydrogen (secondary N) is 2. The van der Waals surface area contributed by atoms with Crippen LogP contribution in [0.25, 0.3) is 0 Å². The van der Waals surface area contributed by atoms with Gasteiger partial charge in [-0.3, -0.25) is 9.59 Å². The number of amides is 2. The van der Waals surface area contributed by atoms with E-state index in [2.05, 4.69) is 10.6 Å². The van der Waals surface area contributed by atoms with E-state index in [1.54, 1.807) is 19.1 Å². The zero-order valence-electron chi connectivity index (χ0n) is 15.0. The maximum Gasteiger partial charge on any atom is 0.265 e. The molecule has 2 aromatic carbocycles. The number of fused-ring (bicyclic) bond motifs is 1. The summed E-state index contributed by atoms with van der Waals surface area (Å²) in [6.07, 6.45) is -1.26. The van der Waals surface area contributed by atoms with Crippen molar-refractivity contribution in [1.82, 2.24) is 5.32 Å². The fourth-order valence-corrected chi connectivity index (χ4v) is 2.87. The highest BCUT2D eigenvalue weighted by Crippen LogP contribution is 2.33. The van der Waals surface area contributed by atoms with Gasteiger partial charge in [0.2, 0.25) is 12.0 Å². The van der Waals surface area contributed by atoms with E-state index in [9.17, 15) is 9.59 Å². The van der Waals surface area contributed by atoms with Crippen LogP contribution in [0.1, 0.15) is 18.1 Å². The lowest BCUT2D eigenvalue weighted by atomic mass is 10.1. The number of para-hydroxylation sites is 3. The number of carbonyl (C=O) groups is 2. The van der Waals surface area contributed by atoms with Gasteiger partial charge in [-0.15, -0.1) is 0 Å². The smallest absolute Gasteiger partial charge is 0.265 e. The third-order valence-electron chi connectivity index (χ3n) is 4.27. The van der Waals surface area contributed by atoms with Crippen molar-refractivity contribution in [1.29, 1.82) is 0 Å². The fraction of sp³-hybridized carbons (Fsp3) is 0.300. The largest absolute Gasteiger partial charge is 0.482 e. The molecule has 0 spiro atoms. The van der Waals surface area contributed by atoms with Gasteiger partial charge in [0.15, 0.2) is 11.5 Å². The Balaban J connectivity index is 1.58. The quantitative estimate of drug-likeness (QED) is 0.885. The summed E-state index contributed by atoms with van der Waals surface area (Å²) in [5, 5.41) is 5.45. The van der Waals surface area contributed by atoms with E-state index in [4.69, 9.17) is 9.47 Å². The molecule has 0 aromatic heterocycles. The van der Waals surface area contributed by atoms with E-state index >= 15 is 0 Å². The molecule has 136 valence electrons. The van der Waals surface area contributed by atoms with Gasteiger partial charge in [-0.05, 0) is 44.0 Å². The molecule has 1 aliphatic rings. The normalized spacial score (nSPS) is 18.1. The highest BCUT2D eigenvalue weighted by Gasteiger charge is 2.34. The SMILES string of the molecule is Cc1cccc(C)c1NC(=O)CNC(=O)[C@@H]1Oc2ccccc2O[C@@H]1C. The summed E-state index contributed by atoms with van der Waals surface area (Å²) in [4.78, 5) is 24.6. The van der Waals surface area contributed by atoms with Crippen molar-refractivity contribution in [2.45, 2.75) is 33.0 Å². The van der Waals surface area contributed by atoms with Crippen LogP contribution in [0.15, 0.2) is 42.5 Å². The molecule has 1 heterocycles. The molecular weight excluding hydrogens is 332 g/mol. The van der Waals surface area contributed by atoms with E-state index < -0.39 is 12.2 Å². The number of anilines is 1. The molecule has 0 saturated carbocycles. The summed E-state index contributed by atoms with van der Waals surface area (Å²) in [7, 11) is 0.